The maximum atomic E-state index is 6.09. The number of nitrogens with zero attached hydrogens (tertiary/aromatic N) is 1. The van der Waals surface area contributed by atoms with Crippen molar-refractivity contribution < 1.29 is 0 Å². The minimum Gasteiger partial charge on any atom is -0.368 e. The summed E-state index contributed by atoms with van der Waals surface area (Å²) in [6, 6.07) is 20.2. The Labute approximate surface area is 121 Å². The van der Waals surface area contributed by atoms with Gasteiger partial charge in [0.2, 0.25) is 0 Å². The first kappa shape index (κ1) is 13.2. The second-order valence-corrected chi connectivity index (χ2v) is 5.71. The number of hydrogen-bond acceptors (Lipinski definition) is 2. The van der Waals surface area contributed by atoms with Gasteiger partial charge in [0.25, 0.3) is 0 Å². The van der Waals surface area contributed by atoms with E-state index in [0.29, 0.717) is 12.1 Å². The molecule has 1 aliphatic heterocycles. The highest BCUT2D eigenvalue weighted by atomic mass is 15.2. The van der Waals surface area contributed by atoms with Gasteiger partial charge in [-0.1, -0.05) is 48.5 Å². The van der Waals surface area contributed by atoms with E-state index in [1.54, 1.807) is 0 Å². The third-order valence-electron chi connectivity index (χ3n) is 4.21. The number of hydrogen-bond donors (Lipinski definition) is 1. The van der Waals surface area contributed by atoms with Crippen LogP contribution in [0.4, 0.5) is 5.69 Å². The second-order valence-electron chi connectivity index (χ2n) is 5.71. The van der Waals surface area contributed by atoms with Crippen molar-refractivity contribution in [3.05, 3.63) is 54.6 Å². The average Bonchev–Trinajstić information content (AvgIpc) is 2.48. The molecule has 2 nitrogen and oxygen atoms in total. The Bertz CT molecular complexity index is 565. The number of anilines is 1. The van der Waals surface area contributed by atoms with E-state index in [1.165, 1.54) is 16.8 Å². The summed E-state index contributed by atoms with van der Waals surface area (Å²) in [4.78, 5) is 2.51. The maximum absolute atomic E-state index is 6.09. The van der Waals surface area contributed by atoms with Crippen LogP contribution < -0.4 is 10.6 Å². The Hall–Kier alpha value is -1.80. The third kappa shape index (κ3) is 2.56. The molecule has 1 fully saturated rings. The van der Waals surface area contributed by atoms with Crippen molar-refractivity contribution in [2.75, 3.05) is 11.4 Å². The van der Waals surface area contributed by atoms with Crippen LogP contribution in [0.5, 0.6) is 0 Å². The zero-order valence-electron chi connectivity index (χ0n) is 12.0. The molecular weight excluding hydrogens is 244 g/mol. The summed E-state index contributed by atoms with van der Waals surface area (Å²) in [5, 5.41) is 0. The van der Waals surface area contributed by atoms with Crippen molar-refractivity contribution in [3.63, 3.8) is 0 Å². The van der Waals surface area contributed by atoms with Crippen molar-refractivity contribution in [1.82, 2.24) is 0 Å². The first-order valence-corrected chi connectivity index (χ1v) is 7.42. The van der Waals surface area contributed by atoms with Crippen LogP contribution in [0.3, 0.4) is 0 Å². The Balaban J connectivity index is 1.98. The summed E-state index contributed by atoms with van der Waals surface area (Å²) in [6.45, 7) is 3.33. The van der Waals surface area contributed by atoms with Gasteiger partial charge in [-0.3, -0.25) is 0 Å². The van der Waals surface area contributed by atoms with Crippen LogP contribution in [0.1, 0.15) is 19.8 Å². The molecule has 2 aromatic rings. The van der Waals surface area contributed by atoms with Crippen LogP contribution >= 0.6 is 0 Å². The van der Waals surface area contributed by atoms with E-state index in [-0.39, 0.29) is 0 Å². The van der Waals surface area contributed by atoms with Crippen molar-refractivity contribution in [2.45, 2.75) is 31.8 Å². The average molecular weight is 266 g/mol. The monoisotopic (exact) mass is 266 g/mol. The molecule has 0 aliphatic carbocycles. The molecule has 104 valence electrons. The number of para-hydroxylation sites is 1. The molecule has 0 spiro atoms. The van der Waals surface area contributed by atoms with Gasteiger partial charge in [0, 0.05) is 29.9 Å². The molecule has 1 saturated heterocycles. The third-order valence-corrected chi connectivity index (χ3v) is 4.21. The van der Waals surface area contributed by atoms with Gasteiger partial charge >= 0.3 is 0 Å². The fraction of sp³-hybridized carbons (Fsp3) is 0.333. The number of rotatable bonds is 2. The molecule has 2 atom stereocenters. The van der Waals surface area contributed by atoms with E-state index in [2.05, 4.69) is 66.4 Å². The van der Waals surface area contributed by atoms with Crippen LogP contribution in [0, 0.1) is 0 Å². The number of benzene rings is 2. The van der Waals surface area contributed by atoms with E-state index in [0.717, 1.165) is 19.4 Å². The zero-order chi connectivity index (χ0) is 13.9. The van der Waals surface area contributed by atoms with Crippen molar-refractivity contribution in [1.29, 1.82) is 0 Å². The van der Waals surface area contributed by atoms with Crippen LogP contribution in [-0.2, 0) is 0 Å². The Morgan fingerprint density at radius 3 is 2.45 bits per heavy atom. The molecule has 0 radical (unpaired) electrons. The van der Waals surface area contributed by atoms with E-state index in [1.807, 2.05) is 0 Å². The molecule has 20 heavy (non-hydrogen) atoms. The molecule has 2 unspecified atom stereocenters. The maximum Gasteiger partial charge on any atom is 0.0448 e. The molecule has 2 heteroatoms. The summed E-state index contributed by atoms with van der Waals surface area (Å²) in [5.41, 5.74) is 10.0. The first-order valence-electron chi connectivity index (χ1n) is 7.42. The molecule has 3 rings (SSSR count). The van der Waals surface area contributed by atoms with Gasteiger partial charge in [0.05, 0.1) is 0 Å². The summed E-state index contributed by atoms with van der Waals surface area (Å²) in [5.74, 6) is 0. The lowest BCUT2D eigenvalue weighted by molar-refractivity contribution is 0.430. The van der Waals surface area contributed by atoms with E-state index >= 15 is 0 Å². The van der Waals surface area contributed by atoms with E-state index in [4.69, 9.17) is 5.73 Å². The van der Waals surface area contributed by atoms with Gasteiger partial charge < -0.3 is 10.6 Å². The van der Waals surface area contributed by atoms with Gasteiger partial charge in [-0.15, -0.1) is 0 Å². The highest BCUT2D eigenvalue weighted by Crippen LogP contribution is 2.34. The van der Waals surface area contributed by atoms with Crippen LogP contribution in [-0.4, -0.2) is 18.6 Å². The van der Waals surface area contributed by atoms with Crippen molar-refractivity contribution >= 4 is 5.69 Å². The lowest BCUT2D eigenvalue weighted by Gasteiger charge is -2.39. The largest absolute Gasteiger partial charge is 0.368 e. The van der Waals surface area contributed by atoms with Gasteiger partial charge in [-0.25, -0.2) is 0 Å². The lowest BCUT2D eigenvalue weighted by atomic mass is 9.95. The van der Waals surface area contributed by atoms with Crippen molar-refractivity contribution in [3.8, 4) is 11.1 Å². The van der Waals surface area contributed by atoms with E-state index in [9.17, 15) is 0 Å². The van der Waals surface area contributed by atoms with Crippen LogP contribution in [0.2, 0.25) is 0 Å². The fourth-order valence-electron chi connectivity index (χ4n) is 3.15. The molecule has 0 saturated carbocycles. The molecule has 1 aliphatic rings. The minimum atomic E-state index is 0.352. The standard InChI is InChI=1S/C18H22N2/c1-14-13-16(19)11-12-20(14)18-10-6-5-9-17(18)15-7-3-2-4-8-15/h2-10,14,16H,11-13,19H2,1H3. The summed E-state index contributed by atoms with van der Waals surface area (Å²) in [6.07, 6.45) is 2.15. The summed E-state index contributed by atoms with van der Waals surface area (Å²) >= 11 is 0. The molecule has 0 amide bonds. The van der Waals surface area contributed by atoms with Crippen LogP contribution in [0.25, 0.3) is 11.1 Å². The molecule has 0 aromatic heterocycles. The Morgan fingerprint density at radius 1 is 1.00 bits per heavy atom. The smallest absolute Gasteiger partial charge is 0.0448 e. The predicted octanol–water partition coefficient (Wildman–Crippen LogP) is 3.67. The Kier molecular flexibility index (Phi) is 3.75. The van der Waals surface area contributed by atoms with Gasteiger partial charge in [-0.05, 0) is 31.4 Å². The van der Waals surface area contributed by atoms with Crippen molar-refractivity contribution in [2.24, 2.45) is 5.73 Å². The lowest BCUT2D eigenvalue weighted by Crippen LogP contribution is -2.45. The highest BCUT2D eigenvalue weighted by Gasteiger charge is 2.24. The summed E-state index contributed by atoms with van der Waals surface area (Å²) in [7, 11) is 0. The van der Waals surface area contributed by atoms with Crippen LogP contribution in [0.15, 0.2) is 54.6 Å². The van der Waals surface area contributed by atoms with Gasteiger partial charge in [0.15, 0.2) is 0 Å². The molecule has 2 aromatic carbocycles. The SMILES string of the molecule is CC1CC(N)CCN1c1ccccc1-c1ccccc1. The first-order chi connectivity index (χ1) is 9.75. The molecule has 1 heterocycles. The summed E-state index contributed by atoms with van der Waals surface area (Å²) < 4.78 is 0. The molecule has 0 bridgehead atoms. The fourth-order valence-corrected chi connectivity index (χ4v) is 3.15. The van der Waals surface area contributed by atoms with Gasteiger partial charge in [0.1, 0.15) is 0 Å². The highest BCUT2D eigenvalue weighted by molar-refractivity contribution is 5.78. The van der Waals surface area contributed by atoms with Gasteiger partial charge in [-0.2, -0.15) is 0 Å². The predicted molar refractivity (Wildman–Crippen MR) is 85.9 cm³/mol. The number of nitrogens with two attached hydrogens (primary N) is 1. The topological polar surface area (TPSA) is 29.3 Å². The second kappa shape index (κ2) is 5.68. The quantitative estimate of drug-likeness (QED) is 0.898. The molecule has 2 N–H and O–H groups in total. The van der Waals surface area contributed by atoms with E-state index < -0.39 is 0 Å². The minimum absolute atomic E-state index is 0.352. The zero-order valence-corrected chi connectivity index (χ0v) is 12.0. The normalized spacial score (nSPS) is 22.8. The number of piperidine rings is 1. The molecular formula is C18H22N2. The Morgan fingerprint density at radius 2 is 1.70 bits per heavy atom.